The summed E-state index contributed by atoms with van der Waals surface area (Å²) in [6, 6.07) is 6.77. The van der Waals surface area contributed by atoms with E-state index in [1.807, 2.05) is 0 Å². The van der Waals surface area contributed by atoms with Crippen molar-refractivity contribution < 1.29 is 19.1 Å². The summed E-state index contributed by atoms with van der Waals surface area (Å²) in [5, 5.41) is 0. The van der Waals surface area contributed by atoms with E-state index >= 15 is 0 Å². The van der Waals surface area contributed by atoms with Gasteiger partial charge in [0.25, 0.3) is 0 Å². The highest BCUT2D eigenvalue weighted by Gasteiger charge is 2.16. The molecule has 0 unspecified atom stereocenters. The van der Waals surface area contributed by atoms with E-state index in [0.717, 1.165) is 0 Å². The fourth-order valence-electron chi connectivity index (χ4n) is 1.82. The standard InChI is InChI=1S/C18H18O4/c1-5-15(17(19)21-7-3)13-10-9-11-14(12-13)16(6-2)18(20)22-8-4/h9-12H,1-2,7-8H2,3-4H3. The maximum Gasteiger partial charge on any atom is 0.346 e. The van der Waals surface area contributed by atoms with Gasteiger partial charge >= 0.3 is 11.9 Å². The molecule has 22 heavy (non-hydrogen) atoms. The number of esters is 2. The van der Waals surface area contributed by atoms with Gasteiger partial charge in [-0.15, -0.1) is 11.5 Å². The Balaban J connectivity index is 3.24. The van der Waals surface area contributed by atoms with Gasteiger partial charge in [-0.25, -0.2) is 9.59 Å². The molecule has 0 aliphatic carbocycles. The number of hydrogen-bond donors (Lipinski definition) is 0. The molecule has 0 aliphatic heterocycles. The SMILES string of the molecule is C=C=C(C(=O)OCC)c1cccc(C(=C=C)C(=O)OCC)c1. The highest BCUT2D eigenvalue weighted by Crippen LogP contribution is 2.21. The molecular weight excluding hydrogens is 280 g/mol. The highest BCUT2D eigenvalue weighted by atomic mass is 16.5. The minimum absolute atomic E-state index is 0.205. The maximum absolute atomic E-state index is 11.9. The monoisotopic (exact) mass is 298 g/mol. The molecule has 0 heterocycles. The minimum atomic E-state index is -0.519. The van der Waals surface area contributed by atoms with Crippen LogP contribution in [0.2, 0.25) is 0 Å². The van der Waals surface area contributed by atoms with Crippen LogP contribution in [0, 0.1) is 0 Å². The second-order valence-electron chi connectivity index (χ2n) is 4.13. The van der Waals surface area contributed by atoms with E-state index in [4.69, 9.17) is 9.47 Å². The molecule has 0 spiro atoms. The third-order valence-corrected chi connectivity index (χ3v) is 2.75. The van der Waals surface area contributed by atoms with E-state index in [-0.39, 0.29) is 24.4 Å². The predicted molar refractivity (Wildman–Crippen MR) is 84.8 cm³/mol. The van der Waals surface area contributed by atoms with Crippen LogP contribution in [0.1, 0.15) is 25.0 Å². The molecule has 1 aromatic carbocycles. The van der Waals surface area contributed by atoms with E-state index < -0.39 is 11.9 Å². The molecule has 0 bridgehead atoms. The maximum atomic E-state index is 11.9. The van der Waals surface area contributed by atoms with Crippen LogP contribution in [0.25, 0.3) is 11.1 Å². The van der Waals surface area contributed by atoms with E-state index in [9.17, 15) is 9.59 Å². The van der Waals surface area contributed by atoms with E-state index in [0.29, 0.717) is 11.1 Å². The first-order chi connectivity index (χ1) is 10.6. The summed E-state index contributed by atoms with van der Waals surface area (Å²) in [6.07, 6.45) is 0. The van der Waals surface area contributed by atoms with Crippen molar-refractivity contribution in [3.8, 4) is 0 Å². The summed E-state index contributed by atoms with van der Waals surface area (Å²) in [5.41, 5.74) is 6.64. The van der Waals surface area contributed by atoms with Gasteiger partial charge in [0.05, 0.1) is 13.2 Å². The summed E-state index contributed by atoms with van der Waals surface area (Å²) < 4.78 is 9.91. The van der Waals surface area contributed by atoms with Gasteiger partial charge in [-0.2, -0.15) is 0 Å². The van der Waals surface area contributed by atoms with Gasteiger partial charge in [-0.05, 0) is 31.0 Å². The second kappa shape index (κ2) is 8.48. The van der Waals surface area contributed by atoms with Crippen molar-refractivity contribution in [2.24, 2.45) is 0 Å². The lowest BCUT2D eigenvalue weighted by molar-refractivity contribution is -0.136. The van der Waals surface area contributed by atoms with Crippen molar-refractivity contribution in [3.05, 3.63) is 60.0 Å². The first kappa shape index (κ1) is 17.3. The molecule has 0 fully saturated rings. The smallest absolute Gasteiger partial charge is 0.346 e. The van der Waals surface area contributed by atoms with Gasteiger partial charge in [0, 0.05) is 0 Å². The lowest BCUT2D eigenvalue weighted by atomic mass is 10.00. The topological polar surface area (TPSA) is 52.6 Å². The van der Waals surface area contributed by atoms with Gasteiger partial charge < -0.3 is 9.47 Å². The normalized spacial score (nSPS) is 9.18. The molecular formula is C18H18O4. The second-order valence-corrected chi connectivity index (χ2v) is 4.13. The van der Waals surface area contributed by atoms with Crippen molar-refractivity contribution >= 4 is 23.1 Å². The molecule has 0 aliphatic rings. The van der Waals surface area contributed by atoms with Crippen LogP contribution >= 0.6 is 0 Å². The van der Waals surface area contributed by atoms with Gasteiger partial charge in [-0.3, -0.25) is 0 Å². The van der Waals surface area contributed by atoms with Crippen LogP contribution in [0.5, 0.6) is 0 Å². The van der Waals surface area contributed by atoms with E-state index in [1.165, 1.54) is 0 Å². The molecule has 0 atom stereocenters. The summed E-state index contributed by atoms with van der Waals surface area (Å²) in [5.74, 6) is -1.04. The Morgan fingerprint density at radius 1 is 0.955 bits per heavy atom. The Morgan fingerprint density at radius 3 is 1.68 bits per heavy atom. The average Bonchev–Trinajstić information content (AvgIpc) is 2.50. The Morgan fingerprint density at radius 2 is 1.36 bits per heavy atom. The summed E-state index contributed by atoms with van der Waals surface area (Å²) in [7, 11) is 0. The van der Waals surface area contributed by atoms with Crippen LogP contribution < -0.4 is 0 Å². The Labute approximate surface area is 130 Å². The van der Waals surface area contributed by atoms with Crippen LogP contribution in [0.15, 0.2) is 48.9 Å². The van der Waals surface area contributed by atoms with Crippen molar-refractivity contribution in [1.82, 2.24) is 0 Å². The molecule has 1 rings (SSSR count). The zero-order valence-corrected chi connectivity index (χ0v) is 12.8. The zero-order chi connectivity index (χ0) is 16.5. The van der Waals surface area contributed by atoms with Crippen molar-refractivity contribution in [2.75, 3.05) is 13.2 Å². The van der Waals surface area contributed by atoms with Crippen LogP contribution in [-0.2, 0) is 19.1 Å². The lowest BCUT2D eigenvalue weighted by Crippen LogP contribution is -2.08. The summed E-state index contributed by atoms with van der Waals surface area (Å²) in [6.45, 7) is 11.0. The molecule has 0 N–H and O–H groups in total. The van der Waals surface area contributed by atoms with Gasteiger partial charge in [0.2, 0.25) is 0 Å². The fourth-order valence-corrected chi connectivity index (χ4v) is 1.82. The number of carbonyl (C=O) groups is 2. The number of benzene rings is 1. The molecule has 114 valence electrons. The van der Waals surface area contributed by atoms with Gasteiger partial charge in [0.1, 0.15) is 11.1 Å². The number of ether oxygens (including phenoxy) is 2. The molecule has 4 heteroatoms. The molecule has 0 saturated heterocycles. The third-order valence-electron chi connectivity index (χ3n) is 2.75. The van der Waals surface area contributed by atoms with Crippen LogP contribution in [-0.4, -0.2) is 25.2 Å². The summed E-state index contributed by atoms with van der Waals surface area (Å²) >= 11 is 0. The molecule has 0 saturated carbocycles. The Kier molecular flexibility index (Phi) is 6.65. The van der Waals surface area contributed by atoms with Gasteiger partial charge in [0.15, 0.2) is 0 Å². The first-order valence-electron chi connectivity index (χ1n) is 6.84. The third kappa shape index (κ3) is 4.10. The minimum Gasteiger partial charge on any atom is -0.462 e. The number of carbonyl (C=O) groups excluding carboxylic acids is 2. The number of hydrogen-bond acceptors (Lipinski definition) is 4. The van der Waals surface area contributed by atoms with Gasteiger partial charge in [-0.1, -0.05) is 31.4 Å². The molecule has 0 amide bonds. The quantitative estimate of drug-likeness (QED) is 0.460. The van der Waals surface area contributed by atoms with Crippen molar-refractivity contribution in [2.45, 2.75) is 13.8 Å². The molecule has 4 nitrogen and oxygen atoms in total. The molecule has 1 aromatic rings. The largest absolute Gasteiger partial charge is 0.462 e. The zero-order valence-electron chi connectivity index (χ0n) is 12.8. The Bertz CT molecular complexity index is 617. The first-order valence-corrected chi connectivity index (χ1v) is 6.84. The predicted octanol–water partition coefficient (Wildman–Crippen LogP) is 3.15. The molecule has 0 aromatic heterocycles. The Hall–Kier alpha value is -2.80. The average molecular weight is 298 g/mol. The van der Waals surface area contributed by atoms with Crippen molar-refractivity contribution in [3.63, 3.8) is 0 Å². The highest BCUT2D eigenvalue weighted by molar-refractivity contribution is 6.18. The lowest BCUT2D eigenvalue weighted by Gasteiger charge is -2.08. The molecule has 0 radical (unpaired) electrons. The van der Waals surface area contributed by atoms with Crippen molar-refractivity contribution in [1.29, 1.82) is 0 Å². The number of rotatable bonds is 6. The van der Waals surface area contributed by atoms with Crippen LogP contribution in [0.3, 0.4) is 0 Å². The van der Waals surface area contributed by atoms with Crippen LogP contribution in [0.4, 0.5) is 0 Å². The summed E-state index contributed by atoms with van der Waals surface area (Å²) in [4.78, 5) is 23.7. The van der Waals surface area contributed by atoms with E-state index in [1.54, 1.807) is 38.1 Å². The van der Waals surface area contributed by atoms with E-state index in [2.05, 4.69) is 24.6 Å². The fraction of sp³-hybridized carbons (Fsp3) is 0.222.